The number of hydrogen-bond donors (Lipinski definition) is 1. The van der Waals surface area contributed by atoms with Crippen LogP contribution in [0, 0.1) is 19.8 Å². The summed E-state index contributed by atoms with van der Waals surface area (Å²) in [7, 11) is 2.01. The van der Waals surface area contributed by atoms with Crippen LogP contribution in [0.1, 0.15) is 22.3 Å². The van der Waals surface area contributed by atoms with Crippen molar-refractivity contribution in [3.63, 3.8) is 0 Å². The fraction of sp³-hybridized carbons (Fsp3) is 0.368. The number of rotatable bonds is 6. The highest BCUT2D eigenvalue weighted by molar-refractivity contribution is 6.31. The molecule has 2 heteroatoms. The van der Waals surface area contributed by atoms with Crippen molar-refractivity contribution in [2.24, 2.45) is 5.92 Å². The minimum absolute atomic E-state index is 0.552. The topological polar surface area (TPSA) is 12.0 Å². The molecule has 0 spiro atoms. The van der Waals surface area contributed by atoms with Gasteiger partial charge in [-0.3, -0.25) is 0 Å². The van der Waals surface area contributed by atoms with Crippen LogP contribution in [-0.2, 0) is 12.8 Å². The molecule has 1 unspecified atom stereocenters. The zero-order valence-corrected chi connectivity index (χ0v) is 13.9. The number of nitrogens with one attached hydrogen (secondary N) is 1. The molecule has 0 amide bonds. The Hall–Kier alpha value is -1.31. The Bertz CT molecular complexity index is 572. The van der Waals surface area contributed by atoms with Gasteiger partial charge in [-0.1, -0.05) is 59.1 Å². The molecule has 0 heterocycles. The number of halogens is 1. The summed E-state index contributed by atoms with van der Waals surface area (Å²) in [6, 6.07) is 15.0. The molecule has 2 aromatic carbocycles. The highest BCUT2D eigenvalue weighted by atomic mass is 35.5. The van der Waals surface area contributed by atoms with Gasteiger partial charge in [0.05, 0.1) is 0 Å². The predicted octanol–water partition coefficient (Wildman–Crippen LogP) is 4.58. The van der Waals surface area contributed by atoms with Gasteiger partial charge in [0.2, 0.25) is 0 Å². The van der Waals surface area contributed by atoms with Crippen molar-refractivity contribution in [1.29, 1.82) is 0 Å². The van der Waals surface area contributed by atoms with Gasteiger partial charge in [0, 0.05) is 5.02 Å². The molecule has 0 aliphatic heterocycles. The molecule has 0 aromatic heterocycles. The molecule has 21 heavy (non-hydrogen) atoms. The molecule has 1 atom stereocenters. The summed E-state index contributed by atoms with van der Waals surface area (Å²) in [5.74, 6) is 0.552. The predicted molar refractivity (Wildman–Crippen MR) is 92.2 cm³/mol. The van der Waals surface area contributed by atoms with E-state index < -0.39 is 0 Å². The molecule has 1 nitrogen and oxygen atoms in total. The van der Waals surface area contributed by atoms with Crippen molar-refractivity contribution < 1.29 is 0 Å². The molecule has 0 fully saturated rings. The second-order valence-electron chi connectivity index (χ2n) is 5.92. The normalized spacial score (nSPS) is 12.4. The summed E-state index contributed by atoms with van der Waals surface area (Å²) in [4.78, 5) is 0. The average Bonchev–Trinajstić information content (AvgIpc) is 2.40. The van der Waals surface area contributed by atoms with Gasteiger partial charge in [0.25, 0.3) is 0 Å². The minimum atomic E-state index is 0.552. The number of benzene rings is 2. The van der Waals surface area contributed by atoms with E-state index in [9.17, 15) is 0 Å². The van der Waals surface area contributed by atoms with Crippen LogP contribution in [0.5, 0.6) is 0 Å². The first-order valence-corrected chi connectivity index (χ1v) is 7.91. The lowest BCUT2D eigenvalue weighted by Gasteiger charge is -2.18. The first-order chi connectivity index (χ1) is 10.1. The number of aryl methyl sites for hydroxylation is 2. The Morgan fingerprint density at radius 1 is 1.00 bits per heavy atom. The zero-order chi connectivity index (χ0) is 15.2. The van der Waals surface area contributed by atoms with E-state index in [4.69, 9.17) is 11.6 Å². The molecule has 0 aliphatic carbocycles. The van der Waals surface area contributed by atoms with Crippen LogP contribution in [0.15, 0.2) is 42.5 Å². The zero-order valence-electron chi connectivity index (χ0n) is 13.1. The second-order valence-corrected chi connectivity index (χ2v) is 6.33. The van der Waals surface area contributed by atoms with Crippen molar-refractivity contribution >= 4 is 11.6 Å². The van der Waals surface area contributed by atoms with E-state index in [-0.39, 0.29) is 0 Å². The van der Waals surface area contributed by atoms with Crippen LogP contribution in [0.3, 0.4) is 0 Å². The SMILES string of the molecule is CNCC(Cc1cc(C)cc(C)c1)Cc1ccccc1Cl. The molecule has 2 rings (SSSR count). The Morgan fingerprint density at radius 2 is 1.67 bits per heavy atom. The van der Waals surface area contributed by atoms with E-state index in [1.165, 1.54) is 22.3 Å². The third kappa shape index (κ3) is 4.87. The van der Waals surface area contributed by atoms with Crippen molar-refractivity contribution in [3.8, 4) is 0 Å². The van der Waals surface area contributed by atoms with E-state index in [1.807, 2.05) is 19.2 Å². The van der Waals surface area contributed by atoms with Gasteiger partial charge in [0.15, 0.2) is 0 Å². The van der Waals surface area contributed by atoms with E-state index >= 15 is 0 Å². The summed E-state index contributed by atoms with van der Waals surface area (Å²) >= 11 is 6.30. The van der Waals surface area contributed by atoms with Gasteiger partial charge >= 0.3 is 0 Å². The van der Waals surface area contributed by atoms with E-state index in [0.717, 1.165) is 24.4 Å². The summed E-state index contributed by atoms with van der Waals surface area (Å²) in [6.07, 6.45) is 2.09. The van der Waals surface area contributed by atoms with E-state index in [1.54, 1.807) is 0 Å². The molecular formula is C19H24ClN. The van der Waals surface area contributed by atoms with Crippen molar-refractivity contribution in [1.82, 2.24) is 5.32 Å². The smallest absolute Gasteiger partial charge is 0.0438 e. The molecule has 0 bridgehead atoms. The lowest BCUT2D eigenvalue weighted by Crippen LogP contribution is -2.23. The first kappa shape index (κ1) is 16.1. The highest BCUT2D eigenvalue weighted by Crippen LogP contribution is 2.21. The van der Waals surface area contributed by atoms with E-state index in [2.05, 4.69) is 49.5 Å². The van der Waals surface area contributed by atoms with Crippen LogP contribution in [-0.4, -0.2) is 13.6 Å². The Labute approximate surface area is 133 Å². The van der Waals surface area contributed by atoms with Crippen molar-refractivity contribution in [3.05, 3.63) is 69.7 Å². The molecule has 0 radical (unpaired) electrons. The molecule has 0 saturated heterocycles. The van der Waals surface area contributed by atoms with Crippen LogP contribution < -0.4 is 5.32 Å². The van der Waals surface area contributed by atoms with Crippen LogP contribution in [0.25, 0.3) is 0 Å². The van der Waals surface area contributed by atoms with Crippen LogP contribution in [0.4, 0.5) is 0 Å². The Morgan fingerprint density at radius 3 is 2.29 bits per heavy atom. The third-order valence-electron chi connectivity index (χ3n) is 3.77. The summed E-state index contributed by atoms with van der Waals surface area (Å²) in [5.41, 5.74) is 5.33. The van der Waals surface area contributed by atoms with Crippen LogP contribution in [0.2, 0.25) is 5.02 Å². The minimum Gasteiger partial charge on any atom is -0.319 e. The quantitative estimate of drug-likeness (QED) is 0.823. The summed E-state index contributed by atoms with van der Waals surface area (Å²) in [5, 5.41) is 4.19. The van der Waals surface area contributed by atoms with Crippen molar-refractivity contribution in [2.75, 3.05) is 13.6 Å². The lowest BCUT2D eigenvalue weighted by molar-refractivity contribution is 0.493. The third-order valence-corrected chi connectivity index (χ3v) is 4.13. The van der Waals surface area contributed by atoms with Crippen molar-refractivity contribution in [2.45, 2.75) is 26.7 Å². The Kier molecular flexibility index (Phi) is 5.84. The average molecular weight is 302 g/mol. The van der Waals surface area contributed by atoms with Gasteiger partial charge in [-0.2, -0.15) is 0 Å². The molecule has 0 aliphatic rings. The van der Waals surface area contributed by atoms with Gasteiger partial charge < -0.3 is 5.32 Å². The maximum absolute atomic E-state index is 6.30. The monoisotopic (exact) mass is 301 g/mol. The van der Waals surface area contributed by atoms with Gasteiger partial charge in [0.1, 0.15) is 0 Å². The molecule has 2 aromatic rings. The largest absolute Gasteiger partial charge is 0.319 e. The lowest BCUT2D eigenvalue weighted by atomic mass is 9.91. The maximum Gasteiger partial charge on any atom is 0.0438 e. The van der Waals surface area contributed by atoms with Gasteiger partial charge in [-0.05, 0) is 63.4 Å². The standard InChI is InChI=1S/C19H24ClN/c1-14-8-15(2)10-16(9-14)11-17(13-21-3)12-18-6-4-5-7-19(18)20/h4-10,17,21H,11-13H2,1-3H3. The fourth-order valence-electron chi connectivity index (χ4n) is 3.00. The molecule has 112 valence electrons. The highest BCUT2D eigenvalue weighted by Gasteiger charge is 2.12. The van der Waals surface area contributed by atoms with Crippen LogP contribution >= 0.6 is 11.6 Å². The molecular weight excluding hydrogens is 278 g/mol. The molecule has 0 saturated carbocycles. The second kappa shape index (κ2) is 7.63. The molecule has 1 N–H and O–H groups in total. The fourth-order valence-corrected chi connectivity index (χ4v) is 3.21. The summed E-state index contributed by atoms with van der Waals surface area (Å²) in [6.45, 7) is 5.33. The van der Waals surface area contributed by atoms with Gasteiger partial charge in [-0.15, -0.1) is 0 Å². The Balaban J connectivity index is 2.13. The van der Waals surface area contributed by atoms with E-state index in [0.29, 0.717) is 5.92 Å². The van der Waals surface area contributed by atoms with Gasteiger partial charge in [-0.25, -0.2) is 0 Å². The maximum atomic E-state index is 6.30. The first-order valence-electron chi connectivity index (χ1n) is 7.53. The summed E-state index contributed by atoms with van der Waals surface area (Å²) < 4.78 is 0. The number of hydrogen-bond acceptors (Lipinski definition) is 1.